The molecule has 0 bridgehead atoms. The number of hydrogen-bond acceptors (Lipinski definition) is 8. The van der Waals surface area contributed by atoms with Gasteiger partial charge in [0.2, 0.25) is 0 Å². The van der Waals surface area contributed by atoms with E-state index in [0.717, 1.165) is 17.1 Å². The van der Waals surface area contributed by atoms with Crippen molar-refractivity contribution in [2.45, 2.75) is 11.4 Å². The fourth-order valence-electron chi connectivity index (χ4n) is 1.81. The van der Waals surface area contributed by atoms with E-state index in [1.807, 2.05) is 45.2 Å². The number of rotatable bonds is 7. The van der Waals surface area contributed by atoms with Gasteiger partial charge >= 0.3 is 0 Å². The second kappa shape index (κ2) is 15.6. The van der Waals surface area contributed by atoms with Gasteiger partial charge in [0.05, 0.1) is 5.69 Å². The lowest BCUT2D eigenvalue weighted by molar-refractivity contribution is 0.111. The molecule has 7 nitrogen and oxygen atoms in total. The summed E-state index contributed by atoms with van der Waals surface area (Å²) < 4.78 is 0. The van der Waals surface area contributed by atoms with Crippen molar-refractivity contribution in [2.75, 3.05) is 34.1 Å². The lowest BCUT2D eigenvalue weighted by Crippen LogP contribution is -2.04. The van der Waals surface area contributed by atoms with Crippen LogP contribution in [-0.2, 0) is 6.54 Å². The number of carbonyl (C=O) groups is 2. The smallest absolute Gasteiger partial charge is 0.168 e. The fraction of sp³-hybridized carbons (Fsp3) is 0.300. The summed E-state index contributed by atoms with van der Waals surface area (Å²) in [5, 5.41) is 3.10. The van der Waals surface area contributed by atoms with Crippen molar-refractivity contribution >= 4 is 36.7 Å². The number of aldehydes is 2. The number of pyridine rings is 1. The van der Waals surface area contributed by atoms with Gasteiger partial charge in [-0.25, -0.2) is 4.98 Å². The summed E-state index contributed by atoms with van der Waals surface area (Å²) in [7, 11) is 7.93. The minimum Gasteiger partial charge on any atom is -0.322 e. The van der Waals surface area contributed by atoms with Crippen LogP contribution in [0.25, 0.3) is 0 Å². The topological polar surface area (TPSA) is 101 Å². The van der Waals surface area contributed by atoms with Crippen LogP contribution in [0.2, 0.25) is 0 Å². The molecule has 1 aromatic carbocycles. The van der Waals surface area contributed by atoms with Gasteiger partial charge in [0, 0.05) is 17.3 Å². The zero-order chi connectivity index (χ0) is 21.4. The first-order valence-electron chi connectivity index (χ1n) is 8.47. The molecule has 0 aliphatic carbocycles. The lowest BCUT2D eigenvalue weighted by Gasteiger charge is -2.06. The third-order valence-corrected chi connectivity index (χ3v) is 3.65. The first kappa shape index (κ1) is 25.6. The van der Waals surface area contributed by atoms with E-state index in [1.54, 1.807) is 30.0 Å². The second-order valence-electron chi connectivity index (χ2n) is 5.87. The average Bonchev–Trinajstić information content (AvgIpc) is 2.69. The first-order valence-corrected chi connectivity index (χ1v) is 9.45. The van der Waals surface area contributed by atoms with Crippen molar-refractivity contribution in [3.63, 3.8) is 0 Å². The van der Waals surface area contributed by atoms with Crippen molar-refractivity contribution in [3.8, 4) is 0 Å². The van der Waals surface area contributed by atoms with Gasteiger partial charge in [-0.2, -0.15) is 0 Å². The average molecular weight is 404 g/mol. The summed E-state index contributed by atoms with van der Waals surface area (Å²) in [6.45, 7) is 4.39. The highest BCUT2D eigenvalue weighted by molar-refractivity contribution is 7.99. The van der Waals surface area contributed by atoms with Crippen LogP contribution >= 0.6 is 11.8 Å². The SMILES string of the molecule is C=Nc1ccc(CNC)cc1SCN.CN(C)C.O=Cc1cccc(C=O)n1. The number of carbonyl (C=O) groups excluding carboxylic acids is 2. The second-order valence-corrected chi connectivity index (χ2v) is 6.93. The maximum atomic E-state index is 10.1. The molecule has 8 heteroatoms. The van der Waals surface area contributed by atoms with Gasteiger partial charge in [-0.1, -0.05) is 12.1 Å². The third kappa shape index (κ3) is 11.3. The van der Waals surface area contributed by atoms with Crippen LogP contribution in [0, 0.1) is 0 Å². The molecule has 0 spiro atoms. The Balaban J connectivity index is 0.000000454. The molecule has 2 rings (SSSR count). The summed E-state index contributed by atoms with van der Waals surface area (Å²) in [5.41, 5.74) is 8.19. The van der Waals surface area contributed by atoms with E-state index in [4.69, 9.17) is 5.73 Å². The largest absolute Gasteiger partial charge is 0.322 e. The first-order chi connectivity index (χ1) is 13.4. The molecule has 0 aliphatic heterocycles. The van der Waals surface area contributed by atoms with Crippen LogP contribution in [0.15, 0.2) is 46.3 Å². The summed E-state index contributed by atoms with van der Waals surface area (Å²) in [6.07, 6.45) is 1.21. The summed E-state index contributed by atoms with van der Waals surface area (Å²) in [4.78, 5) is 30.9. The van der Waals surface area contributed by atoms with E-state index in [2.05, 4.69) is 28.1 Å². The fourth-order valence-corrected chi connectivity index (χ4v) is 2.50. The molecule has 152 valence electrons. The monoisotopic (exact) mass is 403 g/mol. The summed E-state index contributed by atoms with van der Waals surface area (Å²) >= 11 is 1.58. The molecule has 28 heavy (non-hydrogen) atoms. The highest BCUT2D eigenvalue weighted by Gasteiger charge is 2.01. The Morgan fingerprint density at radius 2 is 1.75 bits per heavy atom. The predicted molar refractivity (Wildman–Crippen MR) is 118 cm³/mol. The van der Waals surface area contributed by atoms with E-state index in [1.165, 1.54) is 5.56 Å². The number of hydrogen-bond donors (Lipinski definition) is 2. The van der Waals surface area contributed by atoms with Crippen LogP contribution in [0.5, 0.6) is 0 Å². The molecule has 0 atom stereocenters. The number of nitrogens with one attached hydrogen (secondary N) is 1. The van der Waals surface area contributed by atoms with Crippen LogP contribution in [0.4, 0.5) is 5.69 Å². The van der Waals surface area contributed by atoms with Gasteiger partial charge in [-0.3, -0.25) is 14.6 Å². The Kier molecular flexibility index (Phi) is 14.3. The van der Waals surface area contributed by atoms with Gasteiger partial charge in [0.25, 0.3) is 0 Å². The quantitative estimate of drug-likeness (QED) is 0.317. The molecule has 0 aliphatic rings. The minimum absolute atomic E-state index is 0.282. The van der Waals surface area contributed by atoms with Crippen molar-refractivity contribution < 1.29 is 9.59 Å². The van der Waals surface area contributed by atoms with E-state index < -0.39 is 0 Å². The van der Waals surface area contributed by atoms with Crippen molar-refractivity contribution in [2.24, 2.45) is 10.7 Å². The molecule has 1 heterocycles. The van der Waals surface area contributed by atoms with E-state index in [0.29, 0.717) is 18.4 Å². The van der Waals surface area contributed by atoms with Crippen LogP contribution in [0.1, 0.15) is 26.5 Å². The number of aromatic nitrogens is 1. The maximum Gasteiger partial charge on any atom is 0.168 e. The number of benzene rings is 1. The summed E-state index contributed by atoms with van der Waals surface area (Å²) in [5.74, 6) is 0.561. The van der Waals surface area contributed by atoms with Crippen molar-refractivity contribution in [3.05, 3.63) is 53.3 Å². The molecule has 0 saturated carbocycles. The van der Waals surface area contributed by atoms with E-state index in [9.17, 15) is 9.59 Å². The number of aliphatic imine (C=N–C) groups is 1. The van der Waals surface area contributed by atoms with Crippen LogP contribution in [-0.4, -0.2) is 63.2 Å². The minimum atomic E-state index is 0.282. The molecule has 0 saturated heterocycles. The standard InChI is InChI=1S/C10H15N3S.C7H5NO2.C3H9N/c1-12-6-8-3-4-9(13-2)10(5-8)14-7-11;9-4-6-2-1-3-7(5-10)8-6;1-4(2)3/h3-5,12H,2,6-7,11H2,1H3;1-5H;1-3H3. The molecular weight excluding hydrogens is 374 g/mol. The zero-order valence-electron chi connectivity index (χ0n) is 16.9. The molecule has 0 unspecified atom stereocenters. The Morgan fingerprint density at radius 1 is 1.18 bits per heavy atom. The highest BCUT2D eigenvalue weighted by atomic mass is 32.2. The molecule has 2 aromatic rings. The normalized spacial score (nSPS) is 9.50. The Bertz CT molecular complexity index is 712. The van der Waals surface area contributed by atoms with E-state index >= 15 is 0 Å². The van der Waals surface area contributed by atoms with Crippen molar-refractivity contribution in [1.29, 1.82) is 0 Å². The molecular formula is C20H29N5O2S. The van der Waals surface area contributed by atoms with Gasteiger partial charge < -0.3 is 16.0 Å². The Hall–Kier alpha value is -2.39. The number of nitrogens with zero attached hydrogens (tertiary/aromatic N) is 3. The molecule has 1 aromatic heterocycles. The van der Waals surface area contributed by atoms with Gasteiger partial charge in [0.15, 0.2) is 12.6 Å². The Morgan fingerprint density at radius 3 is 2.18 bits per heavy atom. The lowest BCUT2D eigenvalue weighted by atomic mass is 10.2. The Labute approximate surface area is 171 Å². The van der Waals surface area contributed by atoms with Gasteiger partial charge in [0.1, 0.15) is 11.4 Å². The van der Waals surface area contributed by atoms with Gasteiger partial charge in [-0.15, -0.1) is 11.8 Å². The zero-order valence-corrected chi connectivity index (χ0v) is 17.7. The van der Waals surface area contributed by atoms with Crippen LogP contribution < -0.4 is 11.1 Å². The van der Waals surface area contributed by atoms with Crippen molar-refractivity contribution in [1.82, 2.24) is 15.2 Å². The third-order valence-electron chi connectivity index (χ3n) is 2.85. The number of nitrogens with two attached hydrogens (primary N) is 1. The summed E-state index contributed by atoms with van der Waals surface area (Å²) in [6, 6.07) is 10.8. The molecule has 3 N–H and O–H groups in total. The predicted octanol–water partition coefficient (Wildman–Crippen LogP) is 2.63. The van der Waals surface area contributed by atoms with Gasteiger partial charge in [-0.05, 0) is 64.7 Å². The van der Waals surface area contributed by atoms with Crippen LogP contribution in [0.3, 0.4) is 0 Å². The van der Waals surface area contributed by atoms with E-state index in [-0.39, 0.29) is 11.4 Å². The molecule has 0 fully saturated rings. The molecule has 0 radical (unpaired) electrons. The highest BCUT2D eigenvalue weighted by Crippen LogP contribution is 2.29. The maximum absolute atomic E-state index is 10.1. The number of thioether (sulfide) groups is 1. The molecule has 0 amide bonds.